The van der Waals surface area contributed by atoms with Gasteiger partial charge in [0.1, 0.15) is 6.10 Å². The zero-order valence-corrected chi connectivity index (χ0v) is 9.01. The fourth-order valence-corrected chi connectivity index (χ4v) is 1.31. The van der Waals surface area contributed by atoms with E-state index in [1.54, 1.807) is 0 Å². The first-order valence-corrected chi connectivity index (χ1v) is 4.79. The first-order valence-electron chi connectivity index (χ1n) is 4.79. The molecule has 2 N–H and O–H groups in total. The van der Waals surface area contributed by atoms with E-state index in [-0.39, 0.29) is 11.1 Å². The second kappa shape index (κ2) is 5.70. The number of ether oxygens (including phenoxy) is 1. The van der Waals surface area contributed by atoms with E-state index in [1.807, 2.05) is 0 Å². The summed E-state index contributed by atoms with van der Waals surface area (Å²) in [6.45, 7) is 0. The van der Waals surface area contributed by atoms with Gasteiger partial charge < -0.3 is 14.9 Å². The van der Waals surface area contributed by atoms with E-state index >= 15 is 0 Å². The van der Waals surface area contributed by atoms with Crippen molar-refractivity contribution in [2.75, 3.05) is 7.11 Å². The van der Waals surface area contributed by atoms with Gasteiger partial charge in [0.25, 0.3) is 6.43 Å². The van der Waals surface area contributed by atoms with Crippen LogP contribution in [0.3, 0.4) is 0 Å². The summed E-state index contributed by atoms with van der Waals surface area (Å²) in [5.74, 6) is -1.03. The summed E-state index contributed by atoms with van der Waals surface area (Å²) >= 11 is 0. The first kappa shape index (κ1) is 13.5. The number of aliphatic hydroxyl groups is 2. The highest BCUT2D eigenvalue weighted by atomic mass is 19.3. The molecule has 4 nitrogen and oxygen atoms in total. The van der Waals surface area contributed by atoms with Gasteiger partial charge >= 0.3 is 5.97 Å². The normalized spacial score (nSPS) is 14.5. The lowest BCUT2D eigenvalue weighted by molar-refractivity contribution is -0.156. The molecule has 1 aromatic rings. The van der Waals surface area contributed by atoms with Crippen LogP contribution in [0.5, 0.6) is 0 Å². The van der Waals surface area contributed by atoms with Crippen molar-refractivity contribution in [2.45, 2.75) is 18.6 Å². The molecule has 0 radical (unpaired) electrons. The Balaban J connectivity index is 2.92. The molecule has 0 heterocycles. The molecule has 0 fully saturated rings. The number of alkyl halides is 2. The van der Waals surface area contributed by atoms with Crippen molar-refractivity contribution in [1.82, 2.24) is 0 Å². The average molecular weight is 246 g/mol. The maximum Gasteiger partial charge on any atom is 0.337 e. The molecule has 0 saturated heterocycles. The molecule has 0 aromatic heterocycles. The molecule has 2 atom stereocenters. The second-order valence-electron chi connectivity index (χ2n) is 3.38. The van der Waals surface area contributed by atoms with E-state index < -0.39 is 24.6 Å². The minimum atomic E-state index is -2.68. The molecule has 0 aliphatic carbocycles. The Kier molecular flexibility index (Phi) is 4.53. The summed E-state index contributed by atoms with van der Waals surface area (Å²) in [5.41, 5.74) is -0.265. The number of halogens is 2. The van der Waals surface area contributed by atoms with Gasteiger partial charge in [0.15, 0.2) is 6.10 Å². The maximum absolute atomic E-state index is 12.4. The van der Waals surface area contributed by atoms with Crippen molar-refractivity contribution in [1.29, 1.82) is 0 Å². The summed E-state index contributed by atoms with van der Waals surface area (Å²) in [7, 11) is 1.05. The largest absolute Gasteiger partial charge is 0.467 e. The first-order chi connectivity index (χ1) is 7.97. The molecule has 94 valence electrons. The van der Waals surface area contributed by atoms with E-state index in [2.05, 4.69) is 4.74 Å². The number of hydrogen-bond donors (Lipinski definition) is 2. The Morgan fingerprint density at radius 3 is 2.41 bits per heavy atom. The lowest BCUT2D eigenvalue weighted by Gasteiger charge is -2.16. The summed E-state index contributed by atoms with van der Waals surface area (Å²) < 4.78 is 29.0. The highest BCUT2D eigenvalue weighted by Gasteiger charge is 2.26. The van der Waals surface area contributed by atoms with Crippen LogP contribution in [0.1, 0.15) is 23.7 Å². The minimum Gasteiger partial charge on any atom is -0.467 e. The predicted molar refractivity (Wildman–Crippen MR) is 54.4 cm³/mol. The van der Waals surface area contributed by atoms with Crippen molar-refractivity contribution in [3.63, 3.8) is 0 Å². The van der Waals surface area contributed by atoms with Crippen molar-refractivity contribution < 1.29 is 28.5 Å². The molecule has 0 amide bonds. The number of aliphatic hydroxyl groups excluding tert-OH is 2. The molecular formula is C11H12F2O4. The van der Waals surface area contributed by atoms with Crippen molar-refractivity contribution in [3.8, 4) is 0 Å². The molecule has 0 aliphatic heterocycles. The van der Waals surface area contributed by atoms with Gasteiger partial charge in [-0.25, -0.2) is 13.6 Å². The third-order valence-corrected chi connectivity index (χ3v) is 2.25. The molecule has 1 rings (SSSR count). The molecule has 6 heteroatoms. The van der Waals surface area contributed by atoms with Crippen LogP contribution in [0.2, 0.25) is 0 Å². The number of methoxy groups -OCH3 is 1. The average Bonchev–Trinajstić information content (AvgIpc) is 2.36. The molecular weight excluding hydrogens is 234 g/mol. The Labute approximate surface area is 96.5 Å². The fraction of sp³-hybridized carbons (Fsp3) is 0.364. The van der Waals surface area contributed by atoms with Crippen LogP contribution in [0, 0.1) is 0 Å². The van der Waals surface area contributed by atoms with Crippen LogP contribution in [0.15, 0.2) is 24.3 Å². The number of hydrogen-bond acceptors (Lipinski definition) is 4. The Bertz CT molecular complexity index is 395. The summed E-state index contributed by atoms with van der Waals surface area (Å²) in [5, 5.41) is 19.0. The standard InChI is InChI=1S/C11H12F2O4/c1-17-11(16)9(15)8(14)6-3-2-4-7(5-6)10(12)13/h2-5,8-10,14-15H,1H3. The Hall–Kier alpha value is -1.53. The van der Waals surface area contributed by atoms with E-state index in [9.17, 15) is 23.8 Å². The third-order valence-electron chi connectivity index (χ3n) is 2.25. The van der Waals surface area contributed by atoms with Crippen LogP contribution >= 0.6 is 0 Å². The maximum atomic E-state index is 12.4. The van der Waals surface area contributed by atoms with E-state index in [1.165, 1.54) is 18.2 Å². The van der Waals surface area contributed by atoms with Gasteiger partial charge in [0.2, 0.25) is 0 Å². The van der Waals surface area contributed by atoms with Crippen LogP contribution in [-0.2, 0) is 9.53 Å². The van der Waals surface area contributed by atoms with Crippen LogP contribution < -0.4 is 0 Å². The SMILES string of the molecule is COC(=O)C(O)C(O)c1cccc(C(F)F)c1. The highest BCUT2D eigenvalue weighted by molar-refractivity contribution is 5.75. The number of benzene rings is 1. The van der Waals surface area contributed by atoms with Gasteiger partial charge in [-0.15, -0.1) is 0 Å². The van der Waals surface area contributed by atoms with Crippen LogP contribution in [0.4, 0.5) is 8.78 Å². The van der Waals surface area contributed by atoms with Crippen molar-refractivity contribution in [3.05, 3.63) is 35.4 Å². The number of carbonyl (C=O) groups excluding carboxylic acids is 1. The van der Waals surface area contributed by atoms with Gasteiger partial charge in [-0.2, -0.15) is 0 Å². The zero-order valence-electron chi connectivity index (χ0n) is 9.01. The molecule has 1 aromatic carbocycles. The monoisotopic (exact) mass is 246 g/mol. The van der Waals surface area contributed by atoms with Gasteiger partial charge in [-0.1, -0.05) is 18.2 Å². The topological polar surface area (TPSA) is 66.8 Å². The minimum absolute atomic E-state index is 0.0284. The number of esters is 1. The van der Waals surface area contributed by atoms with Crippen molar-refractivity contribution >= 4 is 5.97 Å². The second-order valence-corrected chi connectivity index (χ2v) is 3.38. The van der Waals surface area contributed by atoms with Gasteiger partial charge in [0, 0.05) is 5.56 Å². The summed E-state index contributed by atoms with van der Waals surface area (Å²) in [6.07, 6.45) is -6.08. The Morgan fingerprint density at radius 1 is 1.29 bits per heavy atom. The number of carbonyl (C=O) groups is 1. The van der Waals surface area contributed by atoms with E-state index in [0.29, 0.717) is 0 Å². The molecule has 17 heavy (non-hydrogen) atoms. The van der Waals surface area contributed by atoms with E-state index in [4.69, 9.17) is 0 Å². The lowest BCUT2D eigenvalue weighted by Crippen LogP contribution is -2.29. The molecule has 0 aliphatic rings. The predicted octanol–water partition coefficient (Wildman–Crippen LogP) is 1.19. The third kappa shape index (κ3) is 3.21. The fourth-order valence-electron chi connectivity index (χ4n) is 1.31. The molecule has 0 spiro atoms. The summed E-state index contributed by atoms with van der Waals surface area (Å²) in [6, 6.07) is 4.86. The van der Waals surface area contributed by atoms with Gasteiger partial charge in [0.05, 0.1) is 7.11 Å². The van der Waals surface area contributed by atoms with Crippen molar-refractivity contribution in [2.24, 2.45) is 0 Å². The highest BCUT2D eigenvalue weighted by Crippen LogP contribution is 2.24. The van der Waals surface area contributed by atoms with Crippen LogP contribution in [-0.4, -0.2) is 29.4 Å². The smallest absolute Gasteiger partial charge is 0.337 e. The number of rotatable bonds is 4. The summed E-state index contributed by atoms with van der Waals surface area (Å²) in [4.78, 5) is 11.0. The zero-order chi connectivity index (χ0) is 13.0. The van der Waals surface area contributed by atoms with Gasteiger partial charge in [-0.05, 0) is 11.6 Å². The molecule has 0 saturated carbocycles. The quantitative estimate of drug-likeness (QED) is 0.783. The molecule has 2 unspecified atom stereocenters. The van der Waals surface area contributed by atoms with E-state index in [0.717, 1.165) is 13.2 Å². The Morgan fingerprint density at radius 2 is 1.88 bits per heavy atom. The van der Waals surface area contributed by atoms with Crippen LogP contribution in [0.25, 0.3) is 0 Å². The van der Waals surface area contributed by atoms with Gasteiger partial charge in [-0.3, -0.25) is 0 Å². The molecule has 0 bridgehead atoms. The lowest BCUT2D eigenvalue weighted by atomic mass is 10.0.